The number of nitrogens with two attached hydrogens (primary N) is 1. The standard InChI is InChI=1S/C25H28N6O/c26-25-28-17-21(24(30-25)27-9-4-10-31-11-13-32-14-12-31)18-6-3-7-19(15-18)23-16-20-5-1-2-8-22(20)29-23/h1-3,5-8,15-17,29H,4,9-14H2,(H3,26,27,28,30). The molecule has 4 aromatic rings. The van der Waals surface area contributed by atoms with Crippen LogP contribution in [0.25, 0.3) is 33.3 Å². The van der Waals surface area contributed by atoms with Crippen LogP contribution in [0.5, 0.6) is 0 Å². The summed E-state index contributed by atoms with van der Waals surface area (Å²) in [7, 11) is 0. The number of morpholine rings is 1. The van der Waals surface area contributed by atoms with Crippen LogP contribution < -0.4 is 11.1 Å². The topological polar surface area (TPSA) is 92.1 Å². The predicted octanol–water partition coefficient (Wildman–Crippen LogP) is 4.01. The minimum Gasteiger partial charge on any atom is -0.379 e. The van der Waals surface area contributed by atoms with E-state index in [1.54, 1.807) is 6.20 Å². The lowest BCUT2D eigenvalue weighted by molar-refractivity contribution is 0.0378. The first-order valence-corrected chi connectivity index (χ1v) is 11.1. The molecule has 1 saturated heterocycles. The first kappa shape index (κ1) is 20.5. The lowest BCUT2D eigenvalue weighted by Crippen LogP contribution is -2.37. The summed E-state index contributed by atoms with van der Waals surface area (Å²) in [6.45, 7) is 5.53. The Labute approximate surface area is 187 Å². The molecule has 7 nitrogen and oxygen atoms in total. The molecule has 0 spiro atoms. The summed E-state index contributed by atoms with van der Waals surface area (Å²) in [5, 5.41) is 4.68. The highest BCUT2D eigenvalue weighted by Gasteiger charge is 2.12. The summed E-state index contributed by atoms with van der Waals surface area (Å²) >= 11 is 0. The number of nitrogens with zero attached hydrogens (tertiary/aromatic N) is 3. The Balaban J connectivity index is 1.34. The fraction of sp³-hybridized carbons (Fsp3) is 0.280. The summed E-state index contributed by atoms with van der Waals surface area (Å²) in [4.78, 5) is 14.7. The van der Waals surface area contributed by atoms with Crippen molar-refractivity contribution in [3.8, 4) is 22.4 Å². The molecule has 3 heterocycles. The third-order valence-electron chi connectivity index (χ3n) is 5.87. The summed E-state index contributed by atoms with van der Waals surface area (Å²) in [5.74, 6) is 1.05. The maximum atomic E-state index is 5.90. The van der Waals surface area contributed by atoms with E-state index < -0.39 is 0 Å². The Hall–Kier alpha value is -3.42. The smallest absolute Gasteiger partial charge is 0.221 e. The van der Waals surface area contributed by atoms with Gasteiger partial charge in [0.05, 0.1) is 13.2 Å². The second kappa shape index (κ2) is 9.38. The highest BCUT2D eigenvalue weighted by Crippen LogP contribution is 2.31. The van der Waals surface area contributed by atoms with Gasteiger partial charge in [0.1, 0.15) is 5.82 Å². The molecule has 0 saturated carbocycles. The molecule has 0 amide bonds. The highest BCUT2D eigenvalue weighted by molar-refractivity contribution is 5.87. The van der Waals surface area contributed by atoms with Gasteiger partial charge in [-0.25, -0.2) is 4.98 Å². The van der Waals surface area contributed by atoms with Crippen LogP contribution in [0.3, 0.4) is 0 Å². The van der Waals surface area contributed by atoms with Crippen molar-refractivity contribution >= 4 is 22.7 Å². The number of nitrogen functional groups attached to an aromatic ring is 1. The van der Waals surface area contributed by atoms with E-state index >= 15 is 0 Å². The van der Waals surface area contributed by atoms with Crippen LogP contribution >= 0.6 is 0 Å². The maximum absolute atomic E-state index is 5.90. The number of benzene rings is 2. The van der Waals surface area contributed by atoms with Gasteiger partial charge in [-0.3, -0.25) is 4.90 Å². The molecule has 1 fully saturated rings. The van der Waals surface area contributed by atoms with E-state index in [0.717, 1.165) is 79.5 Å². The zero-order chi connectivity index (χ0) is 21.8. The van der Waals surface area contributed by atoms with E-state index in [1.807, 2.05) is 6.07 Å². The van der Waals surface area contributed by atoms with Gasteiger partial charge in [0, 0.05) is 48.0 Å². The largest absolute Gasteiger partial charge is 0.379 e. The Kier molecular flexibility index (Phi) is 6.00. The number of anilines is 2. The summed E-state index contributed by atoms with van der Waals surface area (Å²) in [6.07, 6.45) is 2.83. The molecule has 2 aromatic heterocycles. The fourth-order valence-electron chi connectivity index (χ4n) is 4.16. The first-order valence-electron chi connectivity index (χ1n) is 11.1. The Morgan fingerprint density at radius 3 is 2.75 bits per heavy atom. The zero-order valence-corrected chi connectivity index (χ0v) is 18.1. The predicted molar refractivity (Wildman–Crippen MR) is 130 cm³/mol. The van der Waals surface area contributed by atoms with Crippen LogP contribution in [-0.2, 0) is 4.74 Å². The first-order chi connectivity index (χ1) is 15.8. The van der Waals surface area contributed by atoms with Crippen molar-refractivity contribution in [2.75, 3.05) is 50.4 Å². The van der Waals surface area contributed by atoms with Crippen molar-refractivity contribution in [2.45, 2.75) is 6.42 Å². The van der Waals surface area contributed by atoms with E-state index in [-0.39, 0.29) is 5.95 Å². The second-order valence-corrected chi connectivity index (χ2v) is 8.08. The molecule has 164 valence electrons. The highest BCUT2D eigenvalue weighted by atomic mass is 16.5. The number of ether oxygens (including phenoxy) is 1. The molecule has 0 atom stereocenters. The second-order valence-electron chi connectivity index (χ2n) is 8.08. The van der Waals surface area contributed by atoms with Crippen LogP contribution in [0.2, 0.25) is 0 Å². The van der Waals surface area contributed by atoms with E-state index in [0.29, 0.717) is 0 Å². The number of fused-ring (bicyclic) bond motifs is 1. The van der Waals surface area contributed by atoms with E-state index in [1.165, 1.54) is 5.39 Å². The lowest BCUT2D eigenvalue weighted by atomic mass is 10.0. The summed E-state index contributed by atoms with van der Waals surface area (Å²) < 4.78 is 5.42. The molecule has 0 bridgehead atoms. The number of aromatic amines is 1. The van der Waals surface area contributed by atoms with E-state index in [4.69, 9.17) is 10.5 Å². The van der Waals surface area contributed by atoms with Crippen LogP contribution in [0.4, 0.5) is 11.8 Å². The van der Waals surface area contributed by atoms with Crippen molar-refractivity contribution in [1.29, 1.82) is 0 Å². The lowest BCUT2D eigenvalue weighted by Gasteiger charge is -2.26. The minimum atomic E-state index is 0.274. The van der Waals surface area contributed by atoms with Crippen LogP contribution in [0, 0.1) is 0 Å². The van der Waals surface area contributed by atoms with Crippen molar-refractivity contribution in [3.05, 3.63) is 60.8 Å². The molecule has 1 aliphatic rings. The molecule has 1 aliphatic heterocycles. The quantitative estimate of drug-likeness (QED) is 0.385. The van der Waals surface area contributed by atoms with E-state index in [2.05, 4.69) is 73.7 Å². The number of rotatable bonds is 7. The van der Waals surface area contributed by atoms with Crippen LogP contribution in [0.15, 0.2) is 60.8 Å². The van der Waals surface area contributed by atoms with Crippen LogP contribution in [0.1, 0.15) is 6.42 Å². The third kappa shape index (κ3) is 4.59. The number of para-hydroxylation sites is 1. The van der Waals surface area contributed by atoms with Gasteiger partial charge in [-0.15, -0.1) is 0 Å². The number of hydrogen-bond acceptors (Lipinski definition) is 6. The molecule has 4 N–H and O–H groups in total. The molecule has 5 rings (SSSR count). The average Bonchev–Trinajstić information content (AvgIpc) is 3.27. The van der Waals surface area contributed by atoms with Crippen molar-refractivity contribution in [2.24, 2.45) is 0 Å². The van der Waals surface area contributed by atoms with E-state index in [9.17, 15) is 0 Å². The van der Waals surface area contributed by atoms with Gasteiger partial charge < -0.3 is 20.8 Å². The molecule has 0 radical (unpaired) electrons. The normalized spacial score (nSPS) is 14.6. The monoisotopic (exact) mass is 428 g/mol. The van der Waals surface area contributed by atoms with Gasteiger partial charge in [-0.05, 0) is 42.3 Å². The molecule has 32 heavy (non-hydrogen) atoms. The van der Waals surface area contributed by atoms with Crippen LogP contribution in [-0.4, -0.2) is 59.2 Å². The Morgan fingerprint density at radius 1 is 1.03 bits per heavy atom. The van der Waals surface area contributed by atoms with Gasteiger partial charge in [0.25, 0.3) is 0 Å². The van der Waals surface area contributed by atoms with Gasteiger partial charge in [0.2, 0.25) is 5.95 Å². The average molecular weight is 429 g/mol. The summed E-state index contributed by atoms with van der Waals surface area (Å²) in [6, 6.07) is 18.9. The van der Waals surface area contributed by atoms with Gasteiger partial charge in [-0.1, -0.05) is 36.4 Å². The van der Waals surface area contributed by atoms with Gasteiger partial charge >= 0.3 is 0 Å². The molecule has 0 aliphatic carbocycles. The maximum Gasteiger partial charge on any atom is 0.221 e. The zero-order valence-electron chi connectivity index (χ0n) is 18.1. The molecule has 2 aromatic carbocycles. The van der Waals surface area contributed by atoms with Crippen molar-refractivity contribution < 1.29 is 4.74 Å². The van der Waals surface area contributed by atoms with Gasteiger partial charge in [-0.2, -0.15) is 4.98 Å². The molecule has 7 heteroatoms. The third-order valence-corrected chi connectivity index (χ3v) is 5.87. The fourth-order valence-corrected chi connectivity index (χ4v) is 4.16. The molecular formula is C25H28N6O. The number of H-pyrrole nitrogens is 1. The number of nitrogens with one attached hydrogen (secondary N) is 2. The minimum absolute atomic E-state index is 0.274. The molecular weight excluding hydrogens is 400 g/mol. The Morgan fingerprint density at radius 2 is 1.88 bits per heavy atom. The van der Waals surface area contributed by atoms with Crippen molar-refractivity contribution in [3.63, 3.8) is 0 Å². The summed E-state index contributed by atoms with van der Waals surface area (Å²) in [5.41, 5.74) is 11.2. The van der Waals surface area contributed by atoms with Gasteiger partial charge in [0.15, 0.2) is 0 Å². The van der Waals surface area contributed by atoms with Crippen molar-refractivity contribution in [1.82, 2.24) is 19.9 Å². The SMILES string of the molecule is Nc1ncc(-c2cccc(-c3cc4ccccc4[nH]3)c2)c(NCCCN2CCOCC2)n1. The number of aromatic nitrogens is 3. The number of hydrogen-bond donors (Lipinski definition) is 3. The molecule has 0 unspecified atom stereocenters. The Bertz CT molecular complexity index is 1160.